The fraction of sp³-hybridized carbons (Fsp3) is 0.538. The molecule has 1 aliphatic carbocycles. The van der Waals surface area contributed by atoms with Crippen molar-refractivity contribution in [2.24, 2.45) is 5.92 Å². The van der Waals surface area contributed by atoms with E-state index in [-0.39, 0.29) is 0 Å². The van der Waals surface area contributed by atoms with E-state index in [1.807, 2.05) is 0 Å². The average molecular weight is 250 g/mol. The van der Waals surface area contributed by atoms with Crippen LogP contribution in [0.1, 0.15) is 37.7 Å². The highest BCUT2D eigenvalue weighted by atomic mass is 35.5. The third kappa shape index (κ3) is 3.61. The number of anilines is 1. The van der Waals surface area contributed by atoms with Gasteiger partial charge in [0.1, 0.15) is 11.0 Å². The summed E-state index contributed by atoms with van der Waals surface area (Å²) in [5.41, 5.74) is 0.552. The van der Waals surface area contributed by atoms with E-state index >= 15 is 0 Å². The number of pyridine rings is 1. The summed E-state index contributed by atoms with van der Waals surface area (Å²) in [7, 11) is 0. The summed E-state index contributed by atoms with van der Waals surface area (Å²) in [6.07, 6.45) is 6.61. The highest BCUT2D eigenvalue weighted by molar-refractivity contribution is 6.29. The molecule has 1 fully saturated rings. The van der Waals surface area contributed by atoms with Gasteiger partial charge in [0.15, 0.2) is 0 Å². The summed E-state index contributed by atoms with van der Waals surface area (Å²) in [4.78, 5) is 4.17. The van der Waals surface area contributed by atoms with Crippen molar-refractivity contribution in [3.8, 4) is 6.07 Å². The molecule has 0 atom stereocenters. The van der Waals surface area contributed by atoms with Crippen LogP contribution in [0.25, 0.3) is 0 Å². The number of aromatic nitrogens is 1. The molecule has 1 saturated carbocycles. The zero-order valence-electron chi connectivity index (χ0n) is 9.75. The molecule has 4 heteroatoms. The molecule has 0 amide bonds. The third-order valence-electron chi connectivity index (χ3n) is 3.22. The van der Waals surface area contributed by atoms with Gasteiger partial charge in [-0.1, -0.05) is 30.9 Å². The summed E-state index contributed by atoms with van der Waals surface area (Å²) >= 11 is 5.85. The molecular formula is C13H16ClN3. The molecule has 0 unspecified atom stereocenters. The molecule has 0 bridgehead atoms. The molecule has 0 saturated heterocycles. The van der Waals surface area contributed by atoms with E-state index in [2.05, 4.69) is 16.4 Å². The first-order valence-electron chi connectivity index (χ1n) is 6.09. The Hall–Kier alpha value is -1.27. The van der Waals surface area contributed by atoms with Gasteiger partial charge in [0, 0.05) is 6.54 Å². The Morgan fingerprint density at radius 2 is 2.12 bits per heavy atom. The van der Waals surface area contributed by atoms with Crippen LogP contribution in [-0.2, 0) is 0 Å². The van der Waals surface area contributed by atoms with Crippen LogP contribution in [0.2, 0.25) is 5.15 Å². The molecule has 17 heavy (non-hydrogen) atoms. The Morgan fingerprint density at radius 1 is 1.35 bits per heavy atom. The number of nitrogens with zero attached hydrogens (tertiary/aromatic N) is 2. The molecule has 1 aromatic heterocycles. The van der Waals surface area contributed by atoms with Crippen molar-refractivity contribution in [1.82, 2.24) is 4.98 Å². The standard InChI is InChI=1S/C13H16ClN3/c14-12-6-11(8-15)7-13(17-12)16-9-10-4-2-1-3-5-10/h6-7,10H,1-5,9H2,(H,16,17). The van der Waals surface area contributed by atoms with Crippen molar-refractivity contribution in [3.05, 3.63) is 22.8 Å². The van der Waals surface area contributed by atoms with Gasteiger partial charge < -0.3 is 5.32 Å². The van der Waals surface area contributed by atoms with Gasteiger partial charge in [-0.05, 0) is 30.9 Å². The van der Waals surface area contributed by atoms with Gasteiger partial charge >= 0.3 is 0 Å². The topological polar surface area (TPSA) is 48.7 Å². The van der Waals surface area contributed by atoms with Crippen LogP contribution in [0.4, 0.5) is 5.82 Å². The molecule has 0 radical (unpaired) electrons. The molecule has 2 rings (SSSR count). The van der Waals surface area contributed by atoms with Gasteiger partial charge in [-0.3, -0.25) is 0 Å². The van der Waals surface area contributed by atoms with Crippen molar-refractivity contribution in [2.75, 3.05) is 11.9 Å². The lowest BCUT2D eigenvalue weighted by molar-refractivity contribution is 0.373. The Balaban J connectivity index is 1.94. The summed E-state index contributed by atoms with van der Waals surface area (Å²) < 4.78 is 0. The lowest BCUT2D eigenvalue weighted by Gasteiger charge is -2.22. The van der Waals surface area contributed by atoms with Gasteiger partial charge in [0.25, 0.3) is 0 Å². The van der Waals surface area contributed by atoms with E-state index < -0.39 is 0 Å². The minimum absolute atomic E-state index is 0.371. The normalized spacial score (nSPS) is 16.5. The van der Waals surface area contributed by atoms with Gasteiger partial charge in [-0.15, -0.1) is 0 Å². The molecule has 3 nitrogen and oxygen atoms in total. The van der Waals surface area contributed by atoms with Gasteiger partial charge in [0.2, 0.25) is 0 Å². The van der Waals surface area contributed by atoms with E-state index in [4.69, 9.17) is 16.9 Å². The van der Waals surface area contributed by atoms with Crippen molar-refractivity contribution < 1.29 is 0 Å². The fourth-order valence-corrected chi connectivity index (χ4v) is 2.50. The van der Waals surface area contributed by atoms with E-state index in [1.165, 1.54) is 32.1 Å². The predicted octanol–water partition coefficient (Wildman–Crippen LogP) is 3.60. The SMILES string of the molecule is N#Cc1cc(Cl)nc(NCC2CCCCC2)c1. The first-order valence-corrected chi connectivity index (χ1v) is 6.47. The summed E-state index contributed by atoms with van der Waals surface area (Å²) in [6.45, 7) is 0.929. The second-order valence-corrected chi connectivity index (χ2v) is 4.95. The lowest BCUT2D eigenvalue weighted by atomic mass is 9.89. The van der Waals surface area contributed by atoms with Crippen LogP contribution in [0, 0.1) is 17.2 Å². The van der Waals surface area contributed by atoms with Crippen LogP contribution < -0.4 is 5.32 Å². The number of halogens is 1. The van der Waals surface area contributed by atoms with Crippen molar-refractivity contribution in [1.29, 1.82) is 5.26 Å². The molecule has 1 aliphatic rings. The number of nitrogens with one attached hydrogen (secondary N) is 1. The molecule has 90 valence electrons. The monoisotopic (exact) mass is 249 g/mol. The fourth-order valence-electron chi connectivity index (χ4n) is 2.29. The zero-order chi connectivity index (χ0) is 12.1. The molecule has 1 heterocycles. The van der Waals surface area contributed by atoms with Crippen LogP contribution in [0.3, 0.4) is 0 Å². The number of rotatable bonds is 3. The van der Waals surface area contributed by atoms with Gasteiger partial charge in [0.05, 0.1) is 11.6 Å². The smallest absolute Gasteiger partial charge is 0.132 e. The quantitative estimate of drug-likeness (QED) is 0.833. The second kappa shape index (κ2) is 5.88. The van der Waals surface area contributed by atoms with Crippen LogP contribution >= 0.6 is 11.6 Å². The van der Waals surface area contributed by atoms with Crippen molar-refractivity contribution in [3.63, 3.8) is 0 Å². The van der Waals surface area contributed by atoms with Gasteiger partial charge in [-0.2, -0.15) is 5.26 Å². The molecule has 0 aromatic carbocycles. The summed E-state index contributed by atoms with van der Waals surface area (Å²) in [6, 6.07) is 5.40. The van der Waals surface area contributed by atoms with E-state index in [9.17, 15) is 0 Å². The molecule has 1 aromatic rings. The maximum atomic E-state index is 8.84. The van der Waals surface area contributed by atoms with Crippen LogP contribution in [-0.4, -0.2) is 11.5 Å². The minimum atomic E-state index is 0.371. The molecule has 1 N–H and O–H groups in total. The Morgan fingerprint density at radius 3 is 2.82 bits per heavy atom. The maximum Gasteiger partial charge on any atom is 0.132 e. The highest BCUT2D eigenvalue weighted by Crippen LogP contribution is 2.24. The Labute approximate surface area is 107 Å². The lowest BCUT2D eigenvalue weighted by Crippen LogP contribution is -2.17. The van der Waals surface area contributed by atoms with E-state index in [1.54, 1.807) is 12.1 Å². The Kier molecular flexibility index (Phi) is 4.22. The minimum Gasteiger partial charge on any atom is -0.370 e. The first-order chi connectivity index (χ1) is 8.28. The summed E-state index contributed by atoms with van der Waals surface area (Å²) in [5, 5.41) is 12.5. The van der Waals surface area contributed by atoms with E-state index in [0.29, 0.717) is 16.5 Å². The van der Waals surface area contributed by atoms with Gasteiger partial charge in [-0.25, -0.2) is 4.98 Å². The molecule has 0 spiro atoms. The second-order valence-electron chi connectivity index (χ2n) is 4.56. The number of hydrogen-bond acceptors (Lipinski definition) is 3. The molecular weight excluding hydrogens is 234 g/mol. The first kappa shape index (κ1) is 12.2. The largest absolute Gasteiger partial charge is 0.370 e. The number of hydrogen-bond donors (Lipinski definition) is 1. The third-order valence-corrected chi connectivity index (χ3v) is 3.41. The predicted molar refractivity (Wildman–Crippen MR) is 69.0 cm³/mol. The van der Waals surface area contributed by atoms with Crippen molar-refractivity contribution in [2.45, 2.75) is 32.1 Å². The van der Waals surface area contributed by atoms with Crippen LogP contribution in [0.15, 0.2) is 12.1 Å². The highest BCUT2D eigenvalue weighted by Gasteiger charge is 2.13. The Bertz CT molecular complexity index is 419. The average Bonchev–Trinajstić information content (AvgIpc) is 2.37. The maximum absolute atomic E-state index is 8.84. The van der Waals surface area contributed by atoms with E-state index in [0.717, 1.165) is 12.5 Å². The van der Waals surface area contributed by atoms with Crippen molar-refractivity contribution >= 4 is 17.4 Å². The zero-order valence-corrected chi connectivity index (χ0v) is 10.5. The number of nitriles is 1. The molecule has 0 aliphatic heterocycles. The summed E-state index contributed by atoms with van der Waals surface area (Å²) in [5.74, 6) is 1.44. The van der Waals surface area contributed by atoms with Crippen LogP contribution in [0.5, 0.6) is 0 Å².